The number of aromatic carboxylic acids is 1. The average Bonchev–Trinajstić information content (AvgIpc) is 2.35. The van der Waals surface area contributed by atoms with E-state index in [-0.39, 0.29) is 18.8 Å². The number of benzene rings is 1. The van der Waals surface area contributed by atoms with Gasteiger partial charge in [-0.05, 0) is 37.0 Å². The largest absolute Gasteiger partial charge is 0.478 e. The molecule has 0 heterocycles. The standard InChI is InChI=1S/C13H17FO4/c14-12-5-4-10(8-11(12)13(16)17)9-18-7-3-1-2-6-15/h4-5,8,15H,1-3,6-7,9H2,(H,16,17). The number of rotatable bonds is 8. The number of hydrogen-bond donors (Lipinski definition) is 2. The van der Waals surface area contributed by atoms with Gasteiger partial charge in [-0.3, -0.25) is 0 Å². The molecule has 0 amide bonds. The molecular formula is C13H17FO4. The Balaban J connectivity index is 2.38. The van der Waals surface area contributed by atoms with E-state index in [2.05, 4.69) is 0 Å². The molecule has 0 spiro atoms. The van der Waals surface area contributed by atoms with Crippen LogP contribution in [-0.2, 0) is 11.3 Å². The summed E-state index contributed by atoms with van der Waals surface area (Å²) in [6, 6.07) is 3.93. The van der Waals surface area contributed by atoms with Gasteiger partial charge in [0.1, 0.15) is 5.82 Å². The fourth-order valence-electron chi connectivity index (χ4n) is 1.51. The van der Waals surface area contributed by atoms with Crippen LogP contribution < -0.4 is 0 Å². The van der Waals surface area contributed by atoms with E-state index in [0.29, 0.717) is 12.2 Å². The average molecular weight is 256 g/mol. The van der Waals surface area contributed by atoms with E-state index < -0.39 is 11.8 Å². The van der Waals surface area contributed by atoms with E-state index in [1.807, 2.05) is 0 Å². The van der Waals surface area contributed by atoms with Gasteiger partial charge in [0, 0.05) is 13.2 Å². The Morgan fingerprint density at radius 3 is 2.72 bits per heavy atom. The van der Waals surface area contributed by atoms with Crippen molar-refractivity contribution in [1.82, 2.24) is 0 Å². The van der Waals surface area contributed by atoms with E-state index in [9.17, 15) is 9.18 Å². The second kappa shape index (κ2) is 7.79. The molecule has 0 aliphatic carbocycles. The molecule has 0 aliphatic heterocycles. The number of halogens is 1. The first-order chi connectivity index (χ1) is 8.65. The van der Waals surface area contributed by atoms with Gasteiger partial charge in [-0.2, -0.15) is 0 Å². The lowest BCUT2D eigenvalue weighted by Gasteiger charge is -2.05. The third kappa shape index (κ3) is 4.81. The molecule has 0 aromatic heterocycles. The second-order valence-corrected chi connectivity index (χ2v) is 3.96. The van der Waals surface area contributed by atoms with Gasteiger partial charge in [0.2, 0.25) is 0 Å². The molecule has 0 unspecified atom stereocenters. The maximum absolute atomic E-state index is 13.1. The Hall–Kier alpha value is -1.46. The molecule has 1 rings (SSSR count). The van der Waals surface area contributed by atoms with Crippen molar-refractivity contribution in [3.63, 3.8) is 0 Å². The fourth-order valence-corrected chi connectivity index (χ4v) is 1.51. The summed E-state index contributed by atoms with van der Waals surface area (Å²) < 4.78 is 18.4. The summed E-state index contributed by atoms with van der Waals surface area (Å²) in [5.74, 6) is -2.02. The first-order valence-corrected chi connectivity index (χ1v) is 5.85. The molecule has 4 nitrogen and oxygen atoms in total. The normalized spacial score (nSPS) is 10.6. The first-order valence-electron chi connectivity index (χ1n) is 5.85. The van der Waals surface area contributed by atoms with Crippen LogP contribution in [0, 0.1) is 5.82 Å². The smallest absolute Gasteiger partial charge is 0.338 e. The number of aliphatic hydroxyl groups is 1. The third-order valence-corrected chi connectivity index (χ3v) is 2.48. The molecule has 100 valence electrons. The van der Waals surface area contributed by atoms with Gasteiger partial charge in [-0.15, -0.1) is 0 Å². The molecule has 2 N–H and O–H groups in total. The number of carboxylic acids is 1. The topological polar surface area (TPSA) is 66.8 Å². The van der Waals surface area contributed by atoms with Crippen molar-refractivity contribution in [2.45, 2.75) is 25.9 Å². The zero-order valence-electron chi connectivity index (χ0n) is 10.1. The van der Waals surface area contributed by atoms with Crippen molar-refractivity contribution in [2.75, 3.05) is 13.2 Å². The van der Waals surface area contributed by atoms with Gasteiger partial charge in [0.25, 0.3) is 0 Å². The lowest BCUT2D eigenvalue weighted by molar-refractivity contribution is 0.0691. The van der Waals surface area contributed by atoms with Crippen LogP contribution in [0.3, 0.4) is 0 Å². The van der Waals surface area contributed by atoms with Crippen LogP contribution in [0.1, 0.15) is 35.2 Å². The Morgan fingerprint density at radius 2 is 2.06 bits per heavy atom. The summed E-state index contributed by atoms with van der Waals surface area (Å²) in [5.41, 5.74) is 0.298. The van der Waals surface area contributed by atoms with Gasteiger partial charge in [0.15, 0.2) is 0 Å². The maximum atomic E-state index is 13.1. The van der Waals surface area contributed by atoms with E-state index in [1.165, 1.54) is 12.1 Å². The van der Waals surface area contributed by atoms with E-state index in [0.717, 1.165) is 25.3 Å². The molecule has 1 aromatic rings. The van der Waals surface area contributed by atoms with Crippen LogP contribution in [0.15, 0.2) is 18.2 Å². The van der Waals surface area contributed by atoms with Gasteiger partial charge in [0.05, 0.1) is 12.2 Å². The van der Waals surface area contributed by atoms with E-state index in [1.54, 1.807) is 0 Å². The fraction of sp³-hybridized carbons (Fsp3) is 0.462. The molecule has 1 aromatic carbocycles. The van der Waals surface area contributed by atoms with Crippen molar-refractivity contribution in [3.05, 3.63) is 35.1 Å². The molecule has 0 bridgehead atoms. The van der Waals surface area contributed by atoms with Crippen LogP contribution in [0.5, 0.6) is 0 Å². The van der Waals surface area contributed by atoms with Crippen molar-refractivity contribution >= 4 is 5.97 Å². The maximum Gasteiger partial charge on any atom is 0.338 e. The Bertz CT molecular complexity index is 393. The highest BCUT2D eigenvalue weighted by Crippen LogP contribution is 2.12. The summed E-state index contributed by atoms with van der Waals surface area (Å²) in [6.07, 6.45) is 2.48. The minimum Gasteiger partial charge on any atom is -0.478 e. The third-order valence-electron chi connectivity index (χ3n) is 2.48. The molecule has 0 radical (unpaired) electrons. The molecule has 0 saturated carbocycles. The van der Waals surface area contributed by atoms with Crippen molar-refractivity contribution < 1.29 is 24.1 Å². The first kappa shape index (κ1) is 14.6. The Morgan fingerprint density at radius 1 is 1.28 bits per heavy atom. The summed E-state index contributed by atoms with van der Waals surface area (Å²) in [5, 5.41) is 17.3. The zero-order valence-corrected chi connectivity index (χ0v) is 10.1. The monoisotopic (exact) mass is 256 g/mol. The zero-order chi connectivity index (χ0) is 13.4. The number of ether oxygens (including phenoxy) is 1. The molecule has 0 aliphatic rings. The predicted molar refractivity (Wildman–Crippen MR) is 64.0 cm³/mol. The van der Waals surface area contributed by atoms with Crippen LogP contribution in [0.25, 0.3) is 0 Å². The summed E-state index contributed by atoms with van der Waals surface area (Å²) in [6.45, 7) is 0.986. The molecular weight excluding hydrogens is 239 g/mol. The van der Waals surface area contributed by atoms with E-state index in [4.69, 9.17) is 14.9 Å². The highest BCUT2D eigenvalue weighted by Gasteiger charge is 2.10. The van der Waals surface area contributed by atoms with Gasteiger partial charge in [-0.1, -0.05) is 6.07 Å². The van der Waals surface area contributed by atoms with Gasteiger partial charge in [-0.25, -0.2) is 9.18 Å². The Kier molecular flexibility index (Phi) is 6.32. The lowest BCUT2D eigenvalue weighted by Crippen LogP contribution is -2.03. The molecule has 0 atom stereocenters. The number of aliphatic hydroxyl groups excluding tert-OH is 1. The Labute approximate surface area is 105 Å². The molecule has 5 heteroatoms. The molecule has 18 heavy (non-hydrogen) atoms. The van der Waals surface area contributed by atoms with E-state index >= 15 is 0 Å². The van der Waals surface area contributed by atoms with Gasteiger partial charge >= 0.3 is 5.97 Å². The summed E-state index contributed by atoms with van der Waals surface area (Å²) in [4.78, 5) is 10.7. The summed E-state index contributed by atoms with van der Waals surface area (Å²) >= 11 is 0. The number of unbranched alkanes of at least 4 members (excludes halogenated alkanes) is 2. The van der Waals surface area contributed by atoms with Crippen LogP contribution in [0.2, 0.25) is 0 Å². The second-order valence-electron chi connectivity index (χ2n) is 3.96. The van der Waals surface area contributed by atoms with Crippen LogP contribution >= 0.6 is 0 Å². The number of carbonyl (C=O) groups is 1. The minimum atomic E-state index is -1.28. The van der Waals surface area contributed by atoms with Crippen molar-refractivity contribution in [1.29, 1.82) is 0 Å². The molecule has 0 saturated heterocycles. The van der Waals surface area contributed by atoms with Crippen LogP contribution in [-0.4, -0.2) is 29.4 Å². The highest BCUT2D eigenvalue weighted by molar-refractivity contribution is 5.88. The van der Waals surface area contributed by atoms with Crippen LogP contribution in [0.4, 0.5) is 4.39 Å². The summed E-state index contributed by atoms with van der Waals surface area (Å²) in [7, 11) is 0. The molecule has 0 fully saturated rings. The lowest BCUT2D eigenvalue weighted by atomic mass is 10.1. The highest BCUT2D eigenvalue weighted by atomic mass is 19.1. The minimum absolute atomic E-state index is 0.180. The van der Waals surface area contributed by atoms with Crippen molar-refractivity contribution in [2.24, 2.45) is 0 Å². The number of hydrogen-bond acceptors (Lipinski definition) is 3. The van der Waals surface area contributed by atoms with Crippen molar-refractivity contribution in [3.8, 4) is 0 Å². The van der Waals surface area contributed by atoms with Gasteiger partial charge < -0.3 is 14.9 Å². The predicted octanol–water partition coefficient (Wildman–Crippen LogP) is 2.20. The number of carboxylic acid groups (broad SMARTS) is 1. The quantitative estimate of drug-likeness (QED) is 0.700. The SMILES string of the molecule is O=C(O)c1cc(COCCCCCO)ccc1F.